The van der Waals surface area contributed by atoms with Gasteiger partial charge in [0.1, 0.15) is 6.61 Å². The monoisotopic (exact) mass is 362 g/mol. The van der Waals surface area contributed by atoms with E-state index in [0.717, 1.165) is 12.1 Å². The van der Waals surface area contributed by atoms with Crippen molar-refractivity contribution in [3.8, 4) is 11.5 Å². The Morgan fingerprint density at radius 1 is 1.08 bits per heavy atom. The zero-order valence-electron chi connectivity index (χ0n) is 13.6. The van der Waals surface area contributed by atoms with E-state index in [1.54, 1.807) is 31.2 Å². The summed E-state index contributed by atoms with van der Waals surface area (Å²) in [5.74, 6) is 0.255. The molecule has 134 valence electrons. The quantitative estimate of drug-likeness (QED) is 0.643. The number of ether oxygens (including phenoxy) is 1. The number of aryl methyl sites for hydroxylation is 1. The van der Waals surface area contributed by atoms with Crippen molar-refractivity contribution in [2.45, 2.75) is 19.7 Å². The van der Waals surface area contributed by atoms with Crippen LogP contribution < -0.4 is 0 Å². The Morgan fingerprint density at radius 3 is 2.27 bits per heavy atom. The van der Waals surface area contributed by atoms with Gasteiger partial charge in [0, 0.05) is 5.56 Å². The van der Waals surface area contributed by atoms with Crippen molar-refractivity contribution in [1.82, 2.24) is 10.1 Å². The molecule has 0 spiro atoms. The van der Waals surface area contributed by atoms with Gasteiger partial charge in [0.2, 0.25) is 0 Å². The van der Waals surface area contributed by atoms with Gasteiger partial charge in [-0.1, -0.05) is 17.3 Å². The summed E-state index contributed by atoms with van der Waals surface area (Å²) in [6.07, 6.45) is -4.39. The molecule has 0 saturated carbocycles. The van der Waals surface area contributed by atoms with Crippen LogP contribution in [-0.4, -0.2) is 16.1 Å². The van der Waals surface area contributed by atoms with Gasteiger partial charge < -0.3 is 9.26 Å². The third kappa shape index (κ3) is 4.08. The normalized spacial score (nSPS) is 11.4. The lowest BCUT2D eigenvalue weighted by Crippen LogP contribution is -2.07. The van der Waals surface area contributed by atoms with Crippen LogP contribution in [0.25, 0.3) is 11.5 Å². The van der Waals surface area contributed by atoms with Crippen LogP contribution in [0.5, 0.6) is 0 Å². The highest BCUT2D eigenvalue weighted by Crippen LogP contribution is 2.29. The zero-order chi connectivity index (χ0) is 18.7. The third-order valence-electron chi connectivity index (χ3n) is 3.55. The molecule has 0 N–H and O–H groups in total. The van der Waals surface area contributed by atoms with Crippen LogP contribution >= 0.6 is 0 Å². The molecule has 3 rings (SSSR count). The molecular formula is C18H13F3N2O3. The van der Waals surface area contributed by atoms with E-state index in [2.05, 4.69) is 10.1 Å². The molecule has 0 aliphatic carbocycles. The van der Waals surface area contributed by atoms with E-state index < -0.39 is 17.7 Å². The Balaban J connectivity index is 1.61. The van der Waals surface area contributed by atoms with Crippen molar-refractivity contribution >= 4 is 5.97 Å². The second-order valence-corrected chi connectivity index (χ2v) is 5.49. The summed E-state index contributed by atoms with van der Waals surface area (Å²) >= 11 is 0. The summed E-state index contributed by atoms with van der Waals surface area (Å²) in [5, 5.41) is 3.69. The van der Waals surface area contributed by atoms with Crippen LogP contribution in [-0.2, 0) is 17.5 Å². The van der Waals surface area contributed by atoms with Crippen molar-refractivity contribution in [2.24, 2.45) is 0 Å². The maximum atomic E-state index is 12.5. The SMILES string of the molecule is Cc1noc(-c2ccc(C(=O)OCc3ccc(C(F)(F)F)cc3)cc2)n1. The van der Waals surface area contributed by atoms with E-state index in [9.17, 15) is 18.0 Å². The van der Waals surface area contributed by atoms with Crippen molar-refractivity contribution in [1.29, 1.82) is 0 Å². The summed E-state index contributed by atoms with van der Waals surface area (Å²) in [6.45, 7) is 1.57. The topological polar surface area (TPSA) is 65.2 Å². The Hall–Kier alpha value is -3.16. The fraction of sp³-hybridized carbons (Fsp3) is 0.167. The number of hydrogen-bond acceptors (Lipinski definition) is 5. The standard InChI is InChI=1S/C18H13F3N2O3/c1-11-22-16(26-23-11)13-4-6-14(7-5-13)17(24)25-10-12-2-8-15(9-3-12)18(19,20)21/h2-9H,10H2,1H3. The van der Waals surface area contributed by atoms with E-state index in [1.165, 1.54) is 12.1 Å². The zero-order valence-corrected chi connectivity index (χ0v) is 13.6. The van der Waals surface area contributed by atoms with Crippen LogP contribution in [0.1, 0.15) is 27.3 Å². The molecule has 0 atom stereocenters. The molecule has 0 radical (unpaired) electrons. The molecule has 5 nitrogen and oxygen atoms in total. The van der Waals surface area contributed by atoms with E-state index in [0.29, 0.717) is 28.4 Å². The van der Waals surface area contributed by atoms with Gasteiger partial charge in [-0.3, -0.25) is 0 Å². The summed E-state index contributed by atoms with van der Waals surface area (Å²) in [7, 11) is 0. The van der Waals surface area contributed by atoms with Gasteiger partial charge in [0.05, 0.1) is 11.1 Å². The molecular weight excluding hydrogens is 349 g/mol. The van der Waals surface area contributed by atoms with Gasteiger partial charge >= 0.3 is 12.1 Å². The molecule has 0 aliphatic rings. The average molecular weight is 362 g/mol. The number of benzene rings is 2. The first-order valence-corrected chi connectivity index (χ1v) is 7.57. The second-order valence-electron chi connectivity index (χ2n) is 5.49. The molecule has 8 heteroatoms. The fourth-order valence-electron chi connectivity index (χ4n) is 2.19. The van der Waals surface area contributed by atoms with E-state index in [1.807, 2.05) is 0 Å². The molecule has 0 saturated heterocycles. The first kappa shape index (κ1) is 17.7. The molecule has 0 fully saturated rings. The highest BCUT2D eigenvalue weighted by Gasteiger charge is 2.29. The smallest absolute Gasteiger partial charge is 0.416 e. The molecule has 3 aromatic rings. The lowest BCUT2D eigenvalue weighted by atomic mass is 10.1. The minimum Gasteiger partial charge on any atom is -0.457 e. The van der Waals surface area contributed by atoms with Crippen molar-refractivity contribution in [3.63, 3.8) is 0 Å². The van der Waals surface area contributed by atoms with Crippen molar-refractivity contribution in [2.75, 3.05) is 0 Å². The number of halogens is 3. The second kappa shape index (κ2) is 6.99. The first-order valence-electron chi connectivity index (χ1n) is 7.57. The summed E-state index contributed by atoms with van der Waals surface area (Å²) in [5.41, 5.74) is 0.672. The van der Waals surface area contributed by atoms with Gasteiger partial charge in [-0.2, -0.15) is 18.2 Å². The number of carbonyl (C=O) groups excluding carboxylic acids is 1. The van der Waals surface area contributed by atoms with Gasteiger partial charge in [-0.15, -0.1) is 0 Å². The van der Waals surface area contributed by atoms with Crippen LogP contribution in [0, 0.1) is 6.92 Å². The number of hydrogen-bond donors (Lipinski definition) is 0. The van der Waals surface area contributed by atoms with Crippen LogP contribution in [0.3, 0.4) is 0 Å². The number of esters is 1. The van der Waals surface area contributed by atoms with Gasteiger partial charge in [0.15, 0.2) is 5.82 Å². The molecule has 1 aromatic heterocycles. The molecule has 2 aromatic carbocycles. The number of alkyl halides is 3. The van der Waals surface area contributed by atoms with Crippen LogP contribution in [0.4, 0.5) is 13.2 Å². The predicted octanol–water partition coefficient (Wildman–Crippen LogP) is 4.42. The third-order valence-corrected chi connectivity index (χ3v) is 3.55. The Bertz CT molecular complexity index is 901. The number of nitrogens with zero attached hydrogens (tertiary/aromatic N) is 2. The van der Waals surface area contributed by atoms with Gasteiger partial charge in [0.25, 0.3) is 5.89 Å². The lowest BCUT2D eigenvalue weighted by molar-refractivity contribution is -0.137. The summed E-state index contributed by atoms with van der Waals surface area (Å²) < 4.78 is 47.7. The number of aromatic nitrogens is 2. The van der Waals surface area contributed by atoms with Crippen molar-refractivity contribution in [3.05, 3.63) is 71.0 Å². The van der Waals surface area contributed by atoms with E-state index in [4.69, 9.17) is 9.26 Å². The predicted molar refractivity (Wildman–Crippen MR) is 85.0 cm³/mol. The van der Waals surface area contributed by atoms with Gasteiger partial charge in [-0.25, -0.2) is 4.79 Å². The number of rotatable bonds is 4. The Labute approximate surface area is 146 Å². The lowest BCUT2D eigenvalue weighted by Gasteiger charge is -2.08. The molecule has 1 heterocycles. The van der Waals surface area contributed by atoms with E-state index >= 15 is 0 Å². The Kier molecular flexibility index (Phi) is 4.75. The van der Waals surface area contributed by atoms with Gasteiger partial charge in [-0.05, 0) is 48.9 Å². The molecule has 0 bridgehead atoms. The maximum Gasteiger partial charge on any atom is 0.416 e. The average Bonchev–Trinajstić information content (AvgIpc) is 3.06. The highest BCUT2D eigenvalue weighted by molar-refractivity contribution is 5.89. The minimum atomic E-state index is -4.39. The maximum absolute atomic E-state index is 12.5. The number of carbonyl (C=O) groups is 1. The molecule has 0 unspecified atom stereocenters. The van der Waals surface area contributed by atoms with Crippen LogP contribution in [0.15, 0.2) is 53.1 Å². The van der Waals surface area contributed by atoms with Crippen molar-refractivity contribution < 1.29 is 27.2 Å². The summed E-state index contributed by atoms with van der Waals surface area (Å²) in [4.78, 5) is 16.1. The Morgan fingerprint density at radius 2 is 1.73 bits per heavy atom. The largest absolute Gasteiger partial charge is 0.457 e. The highest BCUT2D eigenvalue weighted by atomic mass is 19.4. The van der Waals surface area contributed by atoms with Crippen LogP contribution in [0.2, 0.25) is 0 Å². The van der Waals surface area contributed by atoms with E-state index in [-0.39, 0.29) is 6.61 Å². The molecule has 0 aliphatic heterocycles. The molecule has 26 heavy (non-hydrogen) atoms. The summed E-state index contributed by atoms with van der Waals surface area (Å²) in [6, 6.07) is 10.8. The molecule has 0 amide bonds. The fourth-order valence-corrected chi connectivity index (χ4v) is 2.19. The minimum absolute atomic E-state index is 0.123. The first-order chi connectivity index (χ1) is 12.3.